The Morgan fingerprint density at radius 1 is 1.18 bits per heavy atom. The van der Waals surface area contributed by atoms with Gasteiger partial charge >= 0.3 is 5.69 Å². The van der Waals surface area contributed by atoms with E-state index < -0.39 is 0 Å². The highest BCUT2D eigenvalue weighted by molar-refractivity contribution is 6.33. The molecule has 1 heterocycles. The van der Waals surface area contributed by atoms with Crippen LogP contribution in [0.15, 0.2) is 53.3 Å². The van der Waals surface area contributed by atoms with Gasteiger partial charge in [-0.1, -0.05) is 23.7 Å². The number of carbonyl (C=O) groups excluding carboxylic acids is 1. The Balaban J connectivity index is 1.52. The summed E-state index contributed by atoms with van der Waals surface area (Å²) in [6.07, 6.45) is 1.84. The van der Waals surface area contributed by atoms with Gasteiger partial charge in [-0.05, 0) is 49.2 Å². The zero-order valence-electron chi connectivity index (χ0n) is 14.9. The number of amides is 1. The van der Waals surface area contributed by atoms with Crippen LogP contribution in [-0.2, 0) is 6.54 Å². The molecule has 1 aromatic heterocycles. The molecule has 0 radical (unpaired) electrons. The topological polar surface area (TPSA) is 68.9 Å². The van der Waals surface area contributed by atoms with Gasteiger partial charge in [0.1, 0.15) is 5.82 Å². The molecule has 144 valence electrons. The summed E-state index contributed by atoms with van der Waals surface area (Å²) >= 11 is 6.03. The van der Waals surface area contributed by atoms with Crippen molar-refractivity contribution in [3.8, 4) is 11.4 Å². The summed E-state index contributed by atoms with van der Waals surface area (Å²) in [6.45, 7) is 0.456. The van der Waals surface area contributed by atoms with Crippen molar-refractivity contribution in [3.63, 3.8) is 0 Å². The van der Waals surface area contributed by atoms with Crippen molar-refractivity contribution in [2.45, 2.75) is 25.4 Å². The molecule has 4 rings (SSSR count). The molecule has 8 heteroatoms. The lowest BCUT2D eigenvalue weighted by Gasteiger charge is -2.06. The summed E-state index contributed by atoms with van der Waals surface area (Å²) in [5, 5.41) is 7.55. The lowest BCUT2D eigenvalue weighted by atomic mass is 10.2. The van der Waals surface area contributed by atoms with Gasteiger partial charge in [0.05, 0.1) is 17.1 Å². The van der Waals surface area contributed by atoms with E-state index in [0.717, 1.165) is 12.8 Å². The van der Waals surface area contributed by atoms with Gasteiger partial charge in [-0.3, -0.25) is 9.36 Å². The van der Waals surface area contributed by atoms with E-state index in [2.05, 4.69) is 10.4 Å². The number of hydrogen-bond donors (Lipinski definition) is 1. The van der Waals surface area contributed by atoms with Crippen LogP contribution >= 0.6 is 11.6 Å². The normalized spacial score (nSPS) is 13.5. The molecule has 0 aliphatic heterocycles. The van der Waals surface area contributed by atoms with Gasteiger partial charge in [-0.25, -0.2) is 13.9 Å². The highest BCUT2D eigenvalue weighted by atomic mass is 35.5. The molecule has 0 unspecified atom stereocenters. The SMILES string of the molecule is O=C(NCCn1nc(-c2ccc(F)cc2)n(C2CC2)c1=O)c1ccccc1Cl. The molecule has 2 aromatic carbocycles. The fourth-order valence-electron chi connectivity index (χ4n) is 3.04. The molecule has 6 nitrogen and oxygen atoms in total. The molecule has 1 saturated carbocycles. The molecule has 0 bridgehead atoms. The van der Waals surface area contributed by atoms with Gasteiger partial charge in [0.25, 0.3) is 5.91 Å². The molecule has 1 aliphatic rings. The third kappa shape index (κ3) is 3.71. The van der Waals surface area contributed by atoms with E-state index in [4.69, 9.17) is 11.6 Å². The second-order valence-corrected chi connectivity index (χ2v) is 7.08. The fourth-order valence-corrected chi connectivity index (χ4v) is 3.26. The minimum absolute atomic E-state index is 0.124. The van der Waals surface area contributed by atoms with Crippen molar-refractivity contribution in [2.75, 3.05) is 6.54 Å². The zero-order valence-corrected chi connectivity index (χ0v) is 15.7. The van der Waals surface area contributed by atoms with Crippen molar-refractivity contribution in [1.29, 1.82) is 0 Å². The molecule has 0 saturated heterocycles. The van der Waals surface area contributed by atoms with Gasteiger partial charge in [0, 0.05) is 18.2 Å². The maximum Gasteiger partial charge on any atom is 0.346 e. The lowest BCUT2D eigenvalue weighted by Crippen LogP contribution is -2.32. The van der Waals surface area contributed by atoms with Gasteiger partial charge in [-0.15, -0.1) is 5.10 Å². The van der Waals surface area contributed by atoms with Gasteiger partial charge in [-0.2, -0.15) is 0 Å². The standard InChI is InChI=1S/C20H18ClFN4O2/c21-17-4-2-1-3-16(17)19(27)23-11-12-25-20(28)26(15-9-10-15)18(24-25)13-5-7-14(22)8-6-13/h1-8,15H,9-12H2,(H,23,27). The highest BCUT2D eigenvalue weighted by Gasteiger charge is 2.30. The Hall–Kier alpha value is -2.93. The average molecular weight is 401 g/mol. The number of aromatic nitrogens is 3. The Bertz CT molecular complexity index is 1070. The second-order valence-electron chi connectivity index (χ2n) is 6.67. The minimum atomic E-state index is -0.342. The summed E-state index contributed by atoms with van der Waals surface area (Å²) in [4.78, 5) is 25.0. The van der Waals surface area contributed by atoms with Crippen molar-refractivity contribution in [2.24, 2.45) is 0 Å². The number of rotatable bonds is 6. The molecule has 0 atom stereocenters. The molecule has 28 heavy (non-hydrogen) atoms. The Labute approximate surface area is 165 Å². The average Bonchev–Trinajstić information content (AvgIpc) is 3.47. The maximum absolute atomic E-state index is 13.2. The molecule has 0 spiro atoms. The number of benzene rings is 2. The predicted molar refractivity (Wildman–Crippen MR) is 104 cm³/mol. The van der Waals surface area contributed by atoms with E-state index in [1.54, 1.807) is 41.0 Å². The Morgan fingerprint density at radius 2 is 1.89 bits per heavy atom. The van der Waals surface area contributed by atoms with E-state index in [1.807, 2.05) is 0 Å². The first-order valence-corrected chi connectivity index (χ1v) is 9.40. The van der Waals surface area contributed by atoms with Gasteiger partial charge in [0.2, 0.25) is 0 Å². The summed E-state index contributed by atoms with van der Waals surface area (Å²) in [5.41, 5.74) is 0.838. The fraction of sp³-hybridized carbons (Fsp3) is 0.250. The minimum Gasteiger partial charge on any atom is -0.350 e. The molecule has 1 fully saturated rings. The number of hydrogen-bond acceptors (Lipinski definition) is 3. The highest BCUT2D eigenvalue weighted by Crippen LogP contribution is 2.36. The smallest absolute Gasteiger partial charge is 0.346 e. The monoisotopic (exact) mass is 400 g/mol. The van der Waals surface area contributed by atoms with Crippen LogP contribution in [0.4, 0.5) is 4.39 Å². The van der Waals surface area contributed by atoms with Crippen molar-refractivity contribution >= 4 is 17.5 Å². The van der Waals surface area contributed by atoms with Crippen molar-refractivity contribution in [1.82, 2.24) is 19.7 Å². The molecule has 1 aliphatic carbocycles. The van der Waals surface area contributed by atoms with Crippen LogP contribution in [0, 0.1) is 5.82 Å². The zero-order chi connectivity index (χ0) is 19.7. The summed E-state index contributed by atoms with van der Waals surface area (Å²) in [5.74, 6) is -0.130. The number of carbonyl (C=O) groups is 1. The molecule has 1 amide bonds. The van der Waals surface area contributed by atoms with E-state index in [1.165, 1.54) is 16.8 Å². The summed E-state index contributed by atoms with van der Waals surface area (Å²) < 4.78 is 16.2. The van der Waals surface area contributed by atoms with E-state index in [9.17, 15) is 14.0 Å². The van der Waals surface area contributed by atoms with Crippen LogP contribution in [0.1, 0.15) is 29.2 Å². The Kier molecular flexibility index (Phi) is 5.00. The van der Waals surface area contributed by atoms with E-state index >= 15 is 0 Å². The number of halogens is 2. The van der Waals surface area contributed by atoms with Crippen LogP contribution in [0.5, 0.6) is 0 Å². The van der Waals surface area contributed by atoms with Crippen LogP contribution in [0.25, 0.3) is 11.4 Å². The van der Waals surface area contributed by atoms with E-state index in [-0.39, 0.29) is 36.5 Å². The van der Waals surface area contributed by atoms with Crippen LogP contribution in [-0.4, -0.2) is 26.8 Å². The van der Waals surface area contributed by atoms with E-state index in [0.29, 0.717) is 22.0 Å². The van der Waals surface area contributed by atoms with Gasteiger partial charge < -0.3 is 5.32 Å². The Morgan fingerprint density at radius 3 is 2.57 bits per heavy atom. The quantitative estimate of drug-likeness (QED) is 0.690. The molecule has 3 aromatic rings. The third-order valence-electron chi connectivity index (χ3n) is 4.61. The first-order chi connectivity index (χ1) is 13.5. The first kappa shape index (κ1) is 18.4. The predicted octanol–water partition coefficient (Wildman–Crippen LogP) is 3.27. The number of nitrogens with zero attached hydrogens (tertiary/aromatic N) is 3. The number of nitrogens with one attached hydrogen (secondary N) is 1. The largest absolute Gasteiger partial charge is 0.350 e. The van der Waals surface area contributed by atoms with Crippen LogP contribution < -0.4 is 11.0 Å². The lowest BCUT2D eigenvalue weighted by molar-refractivity contribution is 0.0952. The maximum atomic E-state index is 13.2. The van der Waals surface area contributed by atoms with Crippen LogP contribution in [0.2, 0.25) is 5.02 Å². The van der Waals surface area contributed by atoms with Crippen molar-refractivity contribution in [3.05, 3.63) is 75.4 Å². The molecular formula is C20H18ClFN4O2. The first-order valence-electron chi connectivity index (χ1n) is 9.02. The second kappa shape index (κ2) is 7.59. The van der Waals surface area contributed by atoms with Crippen molar-refractivity contribution < 1.29 is 9.18 Å². The molecular weight excluding hydrogens is 383 g/mol. The van der Waals surface area contributed by atoms with Crippen LogP contribution in [0.3, 0.4) is 0 Å². The van der Waals surface area contributed by atoms with Gasteiger partial charge in [0.15, 0.2) is 5.82 Å². The molecule has 1 N–H and O–H groups in total. The summed E-state index contributed by atoms with van der Waals surface area (Å²) in [6, 6.07) is 12.8. The third-order valence-corrected chi connectivity index (χ3v) is 4.94. The summed E-state index contributed by atoms with van der Waals surface area (Å²) in [7, 11) is 0.